The number of piperidine rings is 1. The van der Waals surface area contributed by atoms with Gasteiger partial charge in [-0.1, -0.05) is 6.07 Å². The number of aromatic nitrogens is 1. The quantitative estimate of drug-likeness (QED) is 0.666. The molecule has 5 heteroatoms. The molecule has 26 heavy (non-hydrogen) atoms. The van der Waals surface area contributed by atoms with Gasteiger partial charge in [0.1, 0.15) is 0 Å². The first-order valence-corrected chi connectivity index (χ1v) is 10.2. The van der Waals surface area contributed by atoms with Gasteiger partial charge < -0.3 is 14.2 Å². The smallest absolute Gasteiger partial charge is 0.217 e. The lowest BCUT2D eigenvalue weighted by Gasteiger charge is -2.42. The van der Waals surface area contributed by atoms with E-state index in [1.807, 2.05) is 6.07 Å². The average Bonchev–Trinajstić information content (AvgIpc) is 3.43. The highest BCUT2D eigenvalue weighted by Crippen LogP contribution is 2.42. The van der Waals surface area contributed by atoms with Crippen molar-refractivity contribution in [3.8, 4) is 5.88 Å². The summed E-state index contributed by atoms with van der Waals surface area (Å²) in [5.41, 5.74) is 1.27. The summed E-state index contributed by atoms with van der Waals surface area (Å²) in [5, 5.41) is 0. The summed E-state index contributed by atoms with van der Waals surface area (Å²) in [6, 6.07) is 4.10. The first kappa shape index (κ1) is 18.2. The lowest BCUT2D eigenvalue weighted by molar-refractivity contribution is -0.0732. The Bertz CT molecular complexity index is 582. The number of methoxy groups -OCH3 is 1. The Kier molecular flexibility index (Phi) is 5.77. The zero-order chi connectivity index (χ0) is 17.8. The van der Waals surface area contributed by atoms with Crippen LogP contribution in [0.1, 0.15) is 44.1 Å². The van der Waals surface area contributed by atoms with Gasteiger partial charge in [-0.25, -0.2) is 4.98 Å². The molecule has 0 amide bonds. The van der Waals surface area contributed by atoms with Gasteiger partial charge in [0.05, 0.1) is 12.7 Å². The molecule has 3 heterocycles. The molecule has 0 aromatic carbocycles. The monoisotopic (exact) mass is 360 g/mol. The molecule has 2 saturated heterocycles. The van der Waals surface area contributed by atoms with E-state index in [4.69, 9.17) is 14.2 Å². The highest BCUT2D eigenvalue weighted by atomic mass is 16.5. The Hall–Kier alpha value is -1.17. The van der Waals surface area contributed by atoms with Crippen molar-refractivity contribution in [3.63, 3.8) is 0 Å². The summed E-state index contributed by atoms with van der Waals surface area (Å²) in [6.07, 6.45) is 9.13. The number of nitrogens with zero attached hydrogens (tertiary/aromatic N) is 2. The van der Waals surface area contributed by atoms with Gasteiger partial charge in [0, 0.05) is 51.2 Å². The molecule has 0 unspecified atom stereocenters. The van der Waals surface area contributed by atoms with E-state index in [1.165, 1.54) is 24.8 Å². The van der Waals surface area contributed by atoms with Crippen molar-refractivity contribution in [1.29, 1.82) is 0 Å². The fraction of sp³-hybridized carbons (Fsp3) is 0.762. The zero-order valence-corrected chi connectivity index (χ0v) is 16.0. The van der Waals surface area contributed by atoms with Crippen LogP contribution in [0.5, 0.6) is 5.88 Å². The van der Waals surface area contributed by atoms with Gasteiger partial charge in [0.15, 0.2) is 0 Å². The minimum Gasteiger partial charge on any atom is -0.481 e. The van der Waals surface area contributed by atoms with Crippen LogP contribution >= 0.6 is 0 Å². The third-order valence-corrected chi connectivity index (χ3v) is 6.40. The molecule has 1 aliphatic carbocycles. The molecule has 3 fully saturated rings. The first-order chi connectivity index (χ1) is 12.8. The van der Waals surface area contributed by atoms with E-state index in [1.54, 1.807) is 13.3 Å². The number of pyridine rings is 1. The van der Waals surface area contributed by atoms with Crippen LogP contribution < -0.4 is 4.74 Å². The van der Waals surface area contributed by atoms with Crippen LogP contribution in [0.25, 0.3) is 0 Å². The van der Waals surface area contributed by atoms with Crippen molar-refractivity contribution in [2.24, 2.45) is 11.8 Å². The van der Waals surface area contributed by atoms with E-state index in [-0.39, 0.29) is 5.60 Å². The van der Waals surface area contributed by atoms with Crippen molar-refractivity contribution < 1.29 is 14.2 Å². The second-order valence-electron chi connectivity index (χ2n) is 8.15. The van der Waals surface area contributed by atoms with Gasteiger partial charge in [-0.3, -0.25) is 4.90 Å². The number of rotatable bonds is 8. The molecule has 2 aliphatic heterocycles. The van der Waals surface area contributed by atoms with E-state index in [2.05, 4.69) is 16.0 Å². The number of ether oxygens (including phenoxy) is 3. The Balaban J connectivity index is 1.27. The number of hydrogen-bond acceptors (Lipinski definition) is 5. The largest absolute Gasteiger partial charge is 0.481 e. The second-order valence-corrected chi connectivity index (χ2v) is 8.15. The summed E-state index contributed by atoms with van der Waals surface area (Å²) in [7, 11) is 1.69. The molecular weight excluding hydrogens is 328 g/mol. The Morgan fingerprint density at radius 3 is 2.88 bits per heavy atom. The molecule has 1 aromatic heterocycles. The number of hydrogen-bond donors (Lipinski definition) is 0. The van der Waals surface area contributed by atoms with Crippen LogP contribution in [-0.4, -0.2) is 55.5 Å². The molecule has 1 saturated carbocycles. The predicted octanol–water partition coefficient (Wildman–Crippen LogP) is 3.28. The van der Waals surface area contributed by atoms with Gasteiger partial charge in [0.2, 0.25) is 5.88 Å². The maximum atomic E-state index is 6.31. The highest BCUT2D eigenvalue weighted by molar-refractivity contribution is 5.25. The van der Waals surface area contributed by atoms with Gasteiger partial charge in [-0.05, 0) is 56.4 Å². The summed E-state index contributed by atoms with van der Waals surface area (Å²) in [4.78, 5) is 6.82. The van der Waals surface area contributed by atoms with Crippen LogP contribution in [0, 0.1) is 11.8 Å². The van der Waals surface area contributed by atoms with Crippen molar-refractivity contribution in [2.45, 2.75) is 50.7 Å². The van der Waals surface area contributed by atoms with Crippen LogP contribution in [0.4, 0.5) is 0 Å². The summed E-state index contributed by atoms with van der Waals surface area (Å²) < 4.78 is 17.6. The Labute approximate surface area is 157 Å². The summed E-state index contributed by atoms with van der Waals surface area (Å²) in [5.74, 6) is 2.27. The fourth-order valence-electron chi connectivity index (χ4n) is 4.56. The molecule has 4 rings (SSSR count). The average molecular weight is 360 g/mol. The van der Waals surface area contributed by atoms with E-state index < -0.39 is 0 Å². The first-order valence-electron chi connectivity index (χ1n) is 10.2. The van der Waals surface area contributed by atoms with Gasteiger partial charge in [-0.2, -0.15) is 0 Å². The second kappa shape index (κ2) is 8.24. The van der Waals surface area contributed by atoms with E-state index >= 15 is 0 Å². The van der Waals surface area contributed by atoms with E-state index in [9.17, 15) is 0 Å². The molecule has 1 aromatic rings. The van der Waals surface area contributed by atoms with E-state index in [0.29, 0.717) is 5.92 Å². The molecule has 1 atom stereocenters. The third kappa shape index (κ3) is 4.21. The minimum atomic E-state index is 0.0957. The van der Waals surface area contributed by atoms with Crippen molar-refractivity contribution in [3.05, 3.63) is 23.9 Å². The molecular formula is C21H32N2O3. The molecule has 5 nitrogen and oxygen atoms in total. The fourth-order valence-corrected chi connectivity index (χ4v) is 4.56. The minimum absolute atomic E-state index is 0.0957. The maximum Gasteiger partial charge on any atom is 0.217 e. The molecule has 144 valence electrons. The third-order valence-electron chi connectivity index (χ3n) is 6.40. The topological polar surface area (TPSA) is 43.8 Å². The van der Waals surface area contributed by atoms with Crippen LogP contribution in [0.3, 0.4) is 0 Å². The standard InChI is InChI=1S/C21H32N2O3/c1-24-20-18(3-2-10-22-20)15-23-11-8-21(9-12-23)19(7-14-26-21)6-13-25-16-17-4-5-17/h2-3,10,17,19H,4-9,11-16H2,1H3/t19-/m0/s1. The Morgan fingerprint density at radius 1 is 1.27 bits per heavy atom. The normalized spacial score (nSPS) is 25.7. The van der Waals surface area contributed by atoms with Crippen molar-refractivity contribution >= 4 is 0 Å². The lowest BCUT2D eigenvalue weighted by atomic mass is 9.78. The van der Waals surface area contributed by atoms with Crippen molar-refractivity contribution in [2.75, 3.05) is 40.0 Å². The molecule has 1 spiro atoms. The molecule has 0 bridgehead atoms. The van der Waals surface area contributed by atoms with Gasteiger partial charge >= 0.3 is 0 Å². The summed E-state index contributed by atoms with van der Waals surface area (Å²) >= 11 is 0. The van der Waals surface area contributed by atoms with Crippen LogP contribution in [0.2, 0.25) is 0 Å². The lowest BCUT2D eigenvalue weighted by Crippen LogP contribution is -2.47. The van der Waals surface area contributed by atoms with Gasteiger partial charge in [0.25, 0.3) is 0 Å². The molecule has 0 N–H and O–H groups in total. The summed E-state index contributed by atoms with van der Waals surface area (Å²) in [6.45, 7) is 5.87. The van der Waals surface area contributed by atoms with Crippen molar-refractivity contribution in [1.82, 2.24) is 9.88 Å². The SMILES string of the molecule is COc1ncccc1CN1CCC2(CC1)OCC[C@@H]2CCOCC1CC1. The maximum absolute atomic E-state index is 6.31. The highest BCUT2D eigenvalue weighted by Gasteiger charge is 2.45. The zero-order valence-electron chi connectivity index (χ0n) is 16.0. The molecule has 0 radical (unpaired) electrons. The molecule has 3 aliphatic rings. The predicted molar refractivity (Wildman–Crippen MR) is 100 cm³/mol. The van der Waals surface area contributed by atoms with Gasteiger partial charge in [-0.15, -0.1) is 0 Å². The number of likely N-dealkylation sites (tertiary alicyclic amines) is 1. The van der Waals surface area contributed by atoms with Crippen LogP contribution in [-0.2, 0) is 16.0 Å². The Morgan fingerprint density at radius 2 is 2.12 bits per heavy atom. The van der Waals surface area contributed by atoms with E-state index in [0.717, 1.165) is 70.5 Å². The van der Waals surface area contributed by atoms with Crippen LogP contribution in [0.15, 0.2) is 18.3 Å².